The Morgan fingerprint density at radius 3 is 1.62 bits per heavy atom. The van der Waals surface area contributed by atoms with Crippen LogP contribution in [0.2, 0.25) is 0 Å². The van der Waals surface area contributed by atoms with E-state index in [0.717, 1.165) is 16.7 Å². The summed E-state index contributed by atoms with van der Waals surface area (Å²) in [6, 6.07) is 30.0. The molecule has 0 unspecified atom stereocenters. The van der Waals surface area contributed by atoms with Crippen LogP contribution in [0.3, 0.4) is 0 Å². The molecular weight excluding hydrogens is 364 g/mol. The molecule has 1 heterocycles. The van der Waals surface area contributed by atoms with Crippen LogP contribution < -0.4 is 0 Å². The Bertz CT molecular complexity index is 828. The molecule has 0 saturated heterocycles. The quantitative estimate of drug-likeness (QED) is 0.633. The zero-order valence-corrected chi connectivity index (χ0v) is 16.0. The first-order valence-corrected chi connectivity index (χ1v) is 9.70. The van der Waals surface area contributed by atoms with Crippen molar-refractivity contribution in [3.8, 4) is 0 Å². The van der Waals surface area contributed by atoms with Crippen LogP contribution in [0.5, 0.6) is 0 Å². The zero-order valence-electron chi connectivity index (χ0n) is 16.0. The van der Waals surface area contributed by atoms with Crippen molar-refractivity contribution in [3.63, 3.8) is 0 Å². The van der Waals surface area contributed by atoms with Gasteiger partial charge in [0.05, 0.1) is 12.9 Å². The third kappa shape index (κ3) is 3.83. The summed E-state index contributed by atoms with van der Waals surface area (Å²) in [5, 5.41) is 20.3. The van der Waals surface area contributed by atoms with E-state index in [1.165, 1.54) is 12.3 Å². The average molecular weight is 388 g/mol. The Hall–Kier alpha value is -2.92. The number of ether oxygens (including phenoxy) is 2. The normalized spacial score (nSPS) is 21.5. The van der Waals surface area contributed by atoms with Gasteiger partial charge in [0.2, 0.25) is 0 Å². The second-order valence-electron chi connectivity index (χ2n) is 7.07. The molecule has 0 saturated carbocycles. The lowest BCUT2D eigenvalue weighted by Crippen LogP contribution is -2.45. The average Bonchev–Trinajstić information content (AvgIpc) is 2.79. The van der Waals surface area contributed by atoms with Crippen molar-refractivity contribution in [3.05, 3.63) is 120 Å². The first-order valence-electron chi connectivity index (χ1n) is 9.70. The van der Waals surface area contributed by atoms with E-state index in [-0.39, 0.29) is 6.61 Å². The minimum Gasteiger partial charge on any atom is -0.493 e. The van der Waals surface area contributed by atoms with Crippen molar-refractivity contribution in [2.75, 3.05) is 6.61 Å². The number of benzene rings is 3. The third-order valence-electron chi connectivity index (χ3n) is 5.26. The molecule has 4 nitrogen and oxygen atoms in total. The SMILES string of the molecule is O[C@@H]1[C@H](O)C=CO[C@@H]1COC(c1ccccc1)(c1ccccc1)c1ccccc1. The highest BCUT2D eigenvalue weighted by Crippen LogP contribution is 2.40. The molecule has 0 bridgehead atoms. The van der Waals surface area contributed by atoms with E-state index < -0.39 is 23.9 Å². The molecule has 2 N–H and O–H groups in total. The third-order valence-corrected chi connectivity index (χ3v) is 5.26. The molecule has 4 heteroatoms. The molecule has 0 fully saturated rings. The van der Waals surface area contributed by atoms with Crippen LogP contribution in [0, 0.1) is 0 Å². The van der Waals surface area contributed by atoms with E-state index in [1.807, 2.05) is 91.0 Å². The van der Waals surface area contributed by atoms with E-state index in [2.05, 4.69) is 0 Å². The van der Waals surface area contributed by atoms with Crippen LogP contribution in [-0.4, -0.2) is 35.1 Å². The number of aliphatic hydroxyl groups is 2. The predicted octanol–water partition coefficient (Wildman–Crippen LogP) is 3.63. The summed E-state index contributed by atoms with van der Waals surface area (Å²) in [4.78, 5) is 0. The van der Waals surface area contributed by atoms with Gasteiger partial charge >= 0.3 is 0 Å². The highest BCUT2D eigenvalue weighted by Gasteiger charge is 2.40. The summed E-state index contributed by atoms with van der Waals surface area (Å²) in [7, 11) is 0. The van der Waals surface area contributed by atoms with Crippen LogP contribution in [0.4, 0.5) is 0 Å². The molecule has 29 heavy (non-hydrogen) atoms. The van der Waals surface area contributed by atoms with Crippen molar-refractivity contribution >= 4 is 0 Å². The number of aliphatic hydroxyl groups excluding tert-OH is 2. The lowest BCUT2D eigenvalue weighted by atomic mass is 9.80. The molecule has 4 rings (SSSR count). The van der Waals surface area contributed by atoms with E-state index in [0.29, 0.717) is 0 Å². The Labute approximate surface area is 170 Å². The largest absolute Gasteiger partial charge is 0.493 e. The van der Waals surface area contributed by atoms with Gasteiger partial charge in [0.1, 0.15) is 23.9 Å². The van der Waals surface area contributed by atoms with E-state index in [9.17, 15) is 10.2 Å². The van der Waals surface area contributed by atoms with Crippen LogP contribution in [-0.2, 0) is 15.1 Å². The molecule has 3 aromatic rings. The summed E-state index contributed by atoms with van der Waals surface area (Å²) >= 11 is 0. The minimum atomic E-state index is -1.06. The van der Waals surface area contributed by atoms with Gasteiger partial charge in [-0.15, -0.1) is 0 Å². The van der Waals surface area contributed by atoms with Gasteiger partial charge in [-0.05, 0) is 22.8 Å². The fourth-order valence-corrected chi connectivity index (χ4v) is 3.75. The molecule has 0 aliphatic carbocycles. The summed E-state index contributed by atoms with van der Waals surface area (Å²) in [6.07, 6.45) is 0.142. The molecule has 0 spiro atoms. The maximum Gasteiger partial charge on any atom is 0.150 e. The molecule has 148 valence electrons. The maximum absolute atomic E-state index is 10.3. The standard InChI is InChI=1S/C25H24O4/c26-22-16-17-28-23(24(22)27)18-29-25(19-10-4-1-5-11-19,20-12-6-2-7-13-20)21-14-8-3-9-15-21/h1-17,22-24,26-27H,18H2/t22-,23-,24-/m1/s1. The summed E-state index contributed by atoms with van der Waals surface area (Å²) < 4.78 is 12.2. The molecule has 1 aliphatic rings. The number of rotatable bonds is 6. The molecule has 0 aromatic heterocycles. The molecule has 3 atom stereocenters. The molecule has 1 aliphatic heterocycles. The zero-order chi connectivity index (χ0) is 20.1. The summed E-state index contributed by atoms with van der Waals surface area (Å²) in [5.74, 6) is 0. The van der Waals surface area contributed by atoms with Crippen molar-refractivity contribution in [2.45, 2.75) is 23.9 Å². The van der Waals surface area contributed by atoms with Gasteiger partial charge in [0.25, 0.3) is 0 Å². The second-order valence-corrected chi connectivity index (χ2v) is 7.07. The predicted molar refractivity (Wildman–Crippen MR) is 111 cm³/mol. The van der Waals surface area contributed by atoms with Crippen LogP contribution in [0.15, 0.2) is 103 Å². The summed E-state index contributed by atoms with van der Waals surface area (Å²) in [5.41, 5.74) is 2.02. The van der Waals surface area contributed by atoms with Crippen molar-refractivity contribution in [2.24, 2.45) is 0 Å². The van der Waals surface area contributed by atoms with Crippen molar-refractivity contribution in [1.82, 2.24) is 0 Å². The van der Waals surface area contributed by atoms with Crippen LogP contribution in [0.25, 0.3) is 0 Å². The Morgan fingerprint density at radius 1 is 0.724 bits per heavy atom. The summed E-state index contributed by atoms with van der Waals surface area (Å²) in [6.45, 7) is 0.0985. The highest BCUT2D eigenvalue weighted by molar-refractivity contribution is 5.47. The monoisotopic (exact) mass is 388 g/mol. The molecule has 0 amide bonds. The topological polar surface area (TPSA) is 58.9 Å². The van der Waals surface area contributed by atoms with Crippen molar-refractivity contribution in [1.29, 1.82) is 0 Å². The second kappa shape index (κ2) is 8.62. The lowest BCUT2D eigenvalue weighted by molar-refractivity contribution is -0.115. The van der Waals surface area contributed by atoms with E-state index in [4.69, 9.17) is 9.47 Å². The smallest absolute Gasteiger partial charge is 0.150 e. The van der Waals surface area contributed by atoms with Crippen LogP contribution in [0.1, 0.15) is 16.7 Å². The molecule has 0 radical (unpaired) electrons. The number of hydrogen-bond donors (Lipinski definition) is 2. The van der Waals surface area contributed by atoms with E-state index in [1.54, 1.807) is 0 Å². The minimum absolute atomic E-state index is 0.0985. The number of hydrogen-bond acceptors (Lipinski definition) is 4. The van der Waals surface area contributed by atoms with Gasteiger partial charge in [-0.3, -0.25) is 0 Å². The van der Waals surface area contributed by atoms with Crippen molar-refractivity contribution < 1.29 is 19.7 Å². The van der Waals surface area contributed by atoms with Gasteiger partial charge in [-0.1, -0.05) is 91.0 Å². The van der Waals surface area contributed by atoms with Crippen LogP contribution >= 0.6 is 0 Å². The van der Waals surface area contributed by atoms with E-state index >= 15 is 0 Å². The molecule has 3 aromatic carbocycles. The fourth-order valence-electron chi connectivity index (χ4n) is 3.75. The first kappa shape index (κ1) is 19.4. The lowest BCUT2D eigenvalue weighted by Gasteiger charge is -2.38. The Morgan fingerprint density at radius 2 is 1.17 bits per heavy atom. The van der Waals surface area contributed by atoms with Gasteiger partial charge < -0.3 is 19.7 Å². The maximum atomic E-state index is 10.3. The first-order chi connectivity index (χ1) is 14.2. The highest BCUT2D eigenvalue weighted by atomic mass is 16.6. The Balaban J connectivity index is 1.81. The Kier molecular flexibility index (Phi) is 5.76. The van der Waals surface area contributed by atoms with Gasteiger partial charge in [0, 0.05) is 0 Å². The van der Waals surface area contributed by atoms with Gasteiger partial charge in [0.15, 0.2) is 0 Å². The fraction of sp³-hybridized carbons (Fsp3) is 0.200. The van der Waals surface area contributed by atoms with Gasteiger partial charge in [-0.25, -0.2) is 0 Å². The molecular formula is C25H24O4. The van der Waals surface area contributed by atoms with Gasteiger partial charge in [-0.2, -0.15) is 0 Å².